The summed E-state index contributed by atoms with van der Waals surface area (Å²) in [5.41, 5.74) is 0.341. The van der Waals surface area contributed by atoms with Gasteiger partial charge in [-0.15, -0.1) is 0 Å². The highest BCUT2D eigenvalue weighted by Gasteiger charge is 2.46. The Morgan fingerprint density at radius 2 is 1.67 bits per heavy atom. The summed E-state index contributed by atoms with van der Waals surface area (Å²) < 4.78 is 0. The van der Waals surface area contributed by atoms with Crippen molar-refractivity contribution < 1.29 is 15.0 Å². The van der Waals surface area contributed by atoms with Crippen LogP contribution in [-0.2, 0) is 15.8 Å². The molecule has 0 bridgehead atoms. The van der Waals surface area contributed by atoms with E-state index in [1.807, 2.05) is 24.3 Å². The first-order chi connectivity index (χ1) is 8.57. The highest BCUT2D eigenvalue weighted by molar-refractivity contribution is 5.82. The van der Waals surface area contributed by atoms with Crippen LogP contribution in [0.25, 0.3) is 0 Å². The largest absolute Gasteiger partial charge is 0.481 e. The van der Waals surface area contributed by atoms with Gasteiger partial charge < -0.3 is 10.2 Å². The van der Waals surface area contributed by atoms with E-state index in [1.54, 1.807) is 0 Å². The third-order valence-corrected chi connectivity index (χ3v) is 4.54. The number of carboxylic acids is 1. The number of benzene rings is 1. The monoisotopic (exact) mass is 246 g/mol. The Kier molecular flexibility index (Phi) is 2.49. The Balaban J connectivity index is 2.02. The molecule has 2 aliphatic carbocycles. The van der Waals surface area contributed by atoms with Gasteiger partial charge in [-0.05, 0) is 36.8 Å². The Morgan fingerprint density at radius 1 is 1.06 bits per heavy atom. The normalized spacial score (nSPS) is 23.8. The van der Waals surface area contributed by atoms with Crippen LogP contribution in [0.2, 0.25) is 0 Å². The summed E-state index contributed by atoms with van der Waals surface area (Å²) in [6, 6.07) is 7.59. The number of carbonyl (C=O) groups is 1. The SMILES string of the molecule is O=C(O)C1(c2cccc(C3(O)CC3)c2)CCCC1. The molecule has 18 heavy (non-hydrogen) atoms. The number of aliphatic carboxylic acids is 1. The van der Waals surface area contributed by atoms with Crippen molar-refractivity contribution in [3.05, 3.63) is 35.4 Å². The minimum atomic E-state index is -0.722. The molecule has 1 aromatic rings. The fourth-order valence-corrected chi connectivity index (χ4v) is 3.12. The molecule has 96 valence electrons. The zero-order valence-electron chi connectivity index (χ0n) is 10.4. The number of aliphatic hydroxyl groups is 1. The average Bonchev–Trinajstić information content (AvgIpc) is 2.95. The molecule has 0 radical (unpaired) electrons. The van der Waals surface area contributed by atoms with Crippen LogP contribution in [0.1, 0.15) is 49.7 Å². The van der Waals surface area contributed by atoms with Crippen LogP contribution in [0.3, 0.4) is 0 Å². The predicted molar refractivity (Wildman–Crippen MR) is 67.4 cm³/mol. The van der Waals surface area contributed by atoms with Crippen LogP contribution in [0.15, 0.2) is 24.3 Å². The predicted octanol–water partition coefficient (Wildman–Crippen LogP) is 2.56. The summed E-state index contributed by atoms with van der Waals surface area (Å²) in [7, 11) is 0. The van der Waals surface area contributed by atoms with E-state index in [9.17, 15) is 15.0 Å². The quantitative estimate of drug-likeness (QED) is 0.861. The van der Waals surface area contributed by atoms with Gasteiger partial charge in [0.2, 0.25) is 0 Å². The van der Waals surface area contributed by atoms with Gasteiger partial charge in [0.1, 0.15) is 0 Å². The number of hydrogen-bond acceptors (Lipinski definition) is 2. The van der Waals surface area contributed by atoms with Gasteiger partial charge in [0.25, 0.3) is 0 Å². The maximum absolute atomic E-state index is 11.6. The fraction of sp³-hybridized carbons (Fsp3) is 0.533. The van der Waals surface area contributed by atoms with Crippen molar-refractivity contribution in [3.8, 4) is 0 Å². The standard InChI is InChI=1S/C15H18O3/c16-13(17)14(6-1-2-7-14)11-4-3-5-12(10-11)15(18)8-9-15/h3-5,10,18H,1-2,6-9H2,(H,16,17). The molecule has 0 amide bonds. The van der Waals surface area contributed by atoms with E-state index in [1.165, 1.54) is 0 Å². The molecule has 3 heteroatoms. The molecule has 0 spiro atoms. The number of rotatable bonds is 3. The molecule has 0 unspecified atom stereocenters. The van der Waals surface area contributed by atoms with E-state index in [2.05, 4.69) is 0 Å². The van der Waals surface area contributed by atoms with Crippen LogP contribution >= 0.6 is 0 Å². The second-order valence-electron chi connectivity index (χ2n) is 5.71. The van der Waals surface area contributed by atoms with E-state index >= 15 is 0 Å². The van der Waals surface area contributed by atoms with E-state index in [0.29, 0.717) is 12.8 Å². The summed E-state index contributed by atoms with van der Waals surface area (Å²) in [6.07, 6.45) is 4.95. The summed E-state index contributed by atoms with van der Waals surface area (Å²) in [4.78, 5) is 11.6. The van der Waals surface area contributed by atoms with Crippen molar-refractivity contribution in [2.24, 2.45) is 0 Å². The molecule has 0 saturated heterocycles. The molecule has 2 saturated carbocycles. The molecule has 0 heterocycles. The van der Waals surface area contributed by atoms with Crippen molar-refractivity contribution >= 4 is 5.97 Å². The molecule has 2 N–H and O–H groups in total. The lowest BCUT2D eigenvalue weighted by molar-refractivity contribution is -0.143. The highest BCUT2D eigenvalue weighted by Crippen LogP contribution is 2.47. The maximum Gasteiger partial charge on any atom is 0.314 e. The van der Waals surface area contributed by atoms with Crippen LogP contribution in [-0.4, -0.2) is 16.2 Å². The van der Waals surface area contributed by atoms with Gasteiger partial charge in [-0.3, -0.25) is 4.79 Å². The minimum absolute atomic E-state index is 0.686. The minimum Gasteiger partial charge on any atom is -0.481 e. The smallest absolute Gasteiger partial charge is 0.314 e. The van der Waals surface area contributed by atoms with E-state index in [-0.39, 0.29) is 0 Å². The summed E-state index contributed by atoms with van der Waals surface area (Å²) in [5, 5.41) is 19.7. The molecule has 0 aliphatic heterocycles. The van der Waals surface area contributed by atoms with Gasteiger partial charge >= 0.3 is 5.97 Å². The highest BCUT2D eigenvalue weighted by atomic mass is 16.4. The lowest BCUT2D eigenvalue weighted by Crippen LogP contribution is -2.32. The maximum atomic E-state index is 11.6. The number of hydrogen-bond donors (Lipinski definition) is 2. The zero-order chi connectivity index (χ0) is 12.8. The molecular formula is C15H18O3. The summed E-state index contributed by atoms with van der Waals surface area (Å²) in [5.74, 6) is -0.722. The van der Waals surface area contributed by atoms with Crippen LogP contribution in [0.4, 0.5) is 0 Å². The zero-order valence-corrected chi connectivity index (χ0v) is 10.4. The second kappa shape index (κ2) is 3.82. The first kappa shape index (κ1) is 11.7. The third kappa shape index (κ3) is 1.65. The van der Waals surface area contributed by atoms with Gasteiger partial charge in [-0.2, -0.15) is 0 Å². The topological polar surface area (TPSA) is 57.5 Å². The van der Waals surface area contributed by atoms with Crippen molar-refractivity contribution in [3.63, 3.8) is 0 Å². The van der Waals surface area contributed by atoms with E-state index in [4.69, 9.17) is 0 Å². The first-order valence-corrected chi connectivity index (χ1v) is 6.64. The van der Waals surface area contributed by atoms with Crippen LogP contribution in [0, 0.1) is 0 Å². The van der Waals surface area contributed by atoms with Crippen molar-refractivity contribution in [2.75, 3.05) is 0 Å². The van der Waals surface area contributed by atoms with Crippen LogP contribution < -0.4 is 0 Å². The first-order valence-electron chi connectivity index (χ1n) is 6.64. The third-order valence-electron chi connectivity index (χ3n) is 4.54. The summed E-state index contributed by atoms with van der Waals surface area (Å²) >= 11 is 0. The fourth-order valence-electron chi connectivity index (χ4n) is 3.12. The molecule has 3 rings (SSSR count). The molecule has 0 aromatic heterocycles. The Morgan fingerprint density at radius 3 is 2.22 bits per heavy atom. The van der Waals surface area contributed by atoms with Crippen molar-refractivity contribution in [1.29, 1.82) is 0 Å². The van der Waals surface area contributed by atoms with Crippen molar-refractivity contribution in [1.82, 2.24) is 0 Å². The van der Waals surface area contributed by atoms with Crippen molar-refractivity contribution in [2.45, 2.75) is 49.5 Å². The molecule has 0 atom stereocenters. The van der Waals surface area contributed by atoms with E-state index < -0.39 is 17.0 Å². The Labute approximate surface area is 106 Å². The number of carboxylic acid groups (broad SMARTS) is 1. The lowest BCUT2D eigenvalue weighted by Gasteiger charge is -2.25. The summed E-state index contributed by atoms with van der Waals surface area (Å²) in [6.45, 7) is 0. The molecule has 2 fully saturated rings. The van der Waals surface area contributed by atoms with Crippen LogP contribution in [0.5, 0.6) is 0 Å². The Hall–Kier alpha value is -1.35. The van der Waals surface area contributed by atoms with E-state index in [0.717, 1.165) is 36.8 Å². The van der Waals surface area contributed by atoms with Gasteiger partial charge in [-0.25, -0.2) is 0 Å². The molecule has 3 nitrogen and oxygen atoms in total. The molecular weight excluding hydrogens is 228 g/mol. The average molecular weight is 246 g/mol. The van der Waals surface area contributed by atoms with Gasteiger partial charge in [0.05, 0.1) is 11.0 Å². The van der Waals surface area contributed by atoms with Gasteiger partial charge in [0.15, 0.2) is 0 Å². The molecule has 2 aliphatic rings. The van der Waals surface area contributed by atoms with Gasteiger partial charge in [-0.1, -0.05) is 37.1 Å². The Bertz CT molecular complexity index is 482. The second-order valence-corrected chi connectivity index (χ2v) is 5.71. The lowest BCUT2D eigenvalue weighted by atomic mass is 9.78. The van der Waals surface area contributed by atoms with Gasteiger partial charge in [0, 0.05) is 0 Å². The molecule has 1 aromatic carbocycles.